The minimum absolute atomic E-state index is 0.0576. The lowest BCUT2D eigenvalue weighted by molar-refractivity contribution is -0.122. The topological polar surface area (TPSA) is 67.9 Å². The Bertz CT molecular complexity index is 767. The van der Waals surface area contributed by atoms with E-state index >= 15 is 0 Å². The van der Waals surface area contributed by atoms with Crippen LogP contribution in [0.5, 0.6) is 5.75 Å². The van der Waals surface area contributed by atoms with Crippen molar-refractivity contribution in [3.63, 3.8) is 0 Å². The molecule has 1 N–H and O–H groups in total. The lowest BCUT2D eigenvalue weighted by atomic mass is 10.1. The van der Waals surface area contributed by atoms with E-state index in [-0.39, 0.29) is 12.5 Å². The van der Waals surface area contributed by atoms with Crippen LogP contribution in [0.2, 0.25) is 0 Å². The average molecular weight is 384 g/mol. The van der Waals surface area contributed by atoms with E-state index in [1.54, 1.807) is 20.8 Å². The molecule has 0 radical (unpaired) electrons. The Morgan fingerprint density at radius 3 is 2.18 bits per heavy atom. The van der Waals surface area contributed by atoms with Crippen molar-refractivity contribution in [3.05, 3.63) is 65.7 Å². The number of ether oxygens (including phenoxy) is 2. The molecule has 2 amide bonds. The minimum Gasteiger partial charge on any atom is -0.489 e. The molecule has 0 atom stereocenters. The largest absolute Gasteiger partial charge is 0.489 e. The molecule has 0 bridgehead atoms. The summed E-state index contributed by atoms with van der Waals surface area (Å²) >= 11 is 0. The Kier molecular flexibility index (Phi) is 7.44. The van der Waals surface area contributed by atoms with Crippen molar-refractivity contribution in [3.8, 4) is 5.75 Å². The Labute approximate surface area is 166 Å². The van der Waals surface area contributed by atoms with Crippen molar-refractivity contribution in [1.29, 1.82) is 0 Å². The average Bonchev–Trinajstić information content (AvgIpc) is 2.65. The van der Waals surface area contributed by atoms with Crippen LogP contribution in [-0.2, 0) is 22.7 Å². The zero-order chi connectivity index (χ0) is 20.6. The summed E-state index contributed by atoms with van der Waals surface area (Å²) in [6.45, 7) is 6.17. The highest BCUT2D eigenvalue weighted by Crippen LogP contribution is 2.12. The van der Waals surface area contributed by atoms with Gasteiger partial charge in [0.1, 0.15) is 24.5 Å². The number of likely N-dealkylation sites (N-methyl/N-ethyl adjacent to an activating group) is 1. The number of hydrogen-bond acceptors (Lipinski definition) is 4. The first-order valence-corrected chi connectivity index (χ1v) is 9.19. The van der Waals surface area contributed by atoms with E-state index in [4.69, 9.17) is 9.47 Å². The molecular formula is C22H28N2O4. The van der Waals surface area contributed by atoms with Gasteiger partial charge in [-0.1, -0.05) is 42.5 Å². The molecule has 0 aromatic heterocycles. The van der Waals surface area contributed by atoms with Gasteiger partial charge >= 0.3 is 6.09 Å². The monoisotopic (exact) mass is 384 g/mol. The highest BCUT2D eigenvalue weighted by molar-refractivity contribution is 5.82. The lowest BCUT2D eigenvalue weighted by Crippen LogP contribution is -2.40. The van der Waals surface area contributed by atoms with Gasteiger partial charge in [0, 0.05) is 13.6 Å². The number of para-hydroxylation sites is 1. The van der Waals surface area contributed by atoms with Crippen LogP contribution in [0.1, 0.15) is 31.9 Å². The molecule has 0 aliphatic carbocycles. The number of nitrogens with one attached hydrogen (secondary N) is 1. The van der Waals surface area contributed by atoms with Crippen molar-refractivity contribution >= 4 is 12.0 Å². The smallest absolute Gasteiger partial charge is 0.410 e. The fraction of sp³-hybridized carbons (Fsp3) is 0.364. The third-order valence-corrected chi connectivity index (χ3v) is 3.75. The first kappa shape index (κ1) is 21.3. The van der Waals surface area contributed by atoms with E-state index in [9.17, 15) is 9.59 Å². The van der Waals surface area contributed by atoms with E-state index in [1.807, 2.05) is 54.6 Å². The standard InChI is InChI=1S/C22H28N2O4/c1-22(2,3)28-21(26)24(4)15-20(25)23-14-17-10-12-18(13-11-17)16-27-19-8-6-5-7-9-19/h5-13H,14-16H2,1-4H3,(H,23,25). The van der Waals surface area contributed by atoms with Gasteiger partial charge in [0.05, 0.1) is 0 Å². The highest BCUT2D eigenvalue weighted by atomic mass is 16.6. The maximum absolute atomic E-state index is 12.0. The van der Waals surface area contributed by atoms with Gasteiger partial charge in [-0.2, -0.15) is 0 Å². The summed E-state index contributed by atoms with van der Waals surface area (Å²) in [7, 11) is 1.54. The van der Waals surface area contributed by atoms with Crippen LogP contribution < -0.4 is 10.1 Å². The third-order valence-electron chi connectivity index (χ3n) is 3.75. The van der Waals surface area contributed by atoms with Gasteiger partial charge in [0.15, 0.2) is 0 Å². The normalized spacial score (nSPS) is 10.9. The molecule has 0 spiro atoms. The van der Waals surface area contributed by atoms with Crippen LogP contribution in [-0.4, -0.2) is 36.1 Å². The molecule has 2 rings (SSSR count). The number of carbonyl (C=O) groups excluding carboxylic acids is 2. The Hall–Kier alpha value is -3.02. The molecule has 2 aromatic carbocycles. The van der Waals surface area contributed by atoms with Gasteiger partial charge in [-0.3, -0.25) is 4.79 Å². The molecule has 6 heteroatoms. The summed E-state index contributed by atoms with van der Waals surface area (Å²) in [6, 6.07) is 17.5. The van der Waals surface area contributed by atoms with Gasteiger partial charge in [-0.15, -0.1) is 0 Å². The zero-order valence-corrected chi connectivity index (χ0v) is 16.9. The van der Waals surface area contributed by atoms with Gasteiger partial charge in [-0.05, 0) is 44.0 Å². The van der Waals surface area contributed by atoms with E-state index < -0.39 is 11.7 Å². The summed E-state index contributed by atoms with van der Waals surface area (Å²) in [5.41, 5.74) is 1.42. The fourth-order valence-corrected chi connectivity index (χ4v) is 2.31. The minimum atomic E-state index is -0.589. The zero-order valence-electron chi connectivity index (χ0n) is 16.9. The SMILES string of the molecule is CN(CC(=O)NCc1ccc(COc2ccccc2)cc1)C(=O)OC(C)(C)C. The molecule has 0 aliphatic heterocycles. The summed E-state index contributed by atoms with van der Waals surface area (Å²) in [4.78, 5) is 25.2. The summed E-state index contributed by atoms with van der Waals surface area (Å²) < 4.78 is 10.9. The molecule has 0 unspecified atom stereocenters. The second-order valence-corrected chi connectivity index (χ2v) is 7.53. The van der Waals surface area contributed by atoms with Gasteiger partial charge < -0.3 is 19.7 Å². The van der Waals surface area contributed by atoms with Crippen molar-refractivity contribution in [2.45, 2.75) is 39.5 Å². The second-order valence-electron chi connectivity index (χ2n) is 7.53. The first-order chi connectivity index (χ1) is 13.2. The second kappa shape index (κ2) is 9.78. The molecule has 2 aromatic rings. The van der Waals surface area contributed by atoms with Crippen LogP contribution in [0.15, 0.2) is 54.6 Å². The Morgan fingerprint density at radius 1 is 0.964 bits per heavy atom. The molecule has 0 fully saturated rings. The van der Waals surface area contributed by atoms with Crippen molar-refractivity contribution in [1.82, 2.24) is 10.2 Å². The maximum Gasteiger partial charge on any atom is 0.410 e. The summed E-state index contributed by atoms with van der Waals surface area (Å²) in [5, 5.41) is 2.81. The maximum atomic E-state index is 12.0. The molecule has 28 heavy (non-hydrogen) atoms. The molecule has 0 saturated heterocycles. The van der Waals surface area contributed by atoms with Crippen LogP contribution in [0, 0.1) is 0 Å². The highest BCUT2D eigenvalue weighted by Gasteiger charge is 2.20. The third kappa shape index (κ3) is 7.70. The van der Waals surface area contributed by atoms with E-state index in [0.717, 1.165) is 16.9 Å². The Balaban J connectivity index is 1.74. The van der Waals surface area contributed by atoms with Crippen molar-refractivity contribution in [2.75, 3.05) is 13.6 Å². The fourth-order valence-electron chi connectivity index (χ4n) is 2.31. The number of hydrogen-bond donors (Lipinski definition) is 1. The molecule has 150 valence electrons. The number of carbonyl (C=O) groups is 2. The number of rotatable bonds is 7. The predicted octanol–water partition coefficient (Wildman–Crippen LogP) is 3.75. The first-order valence-electron chi connectivity index (χ1n) is 9.19. The molecular weight excluding hydrogens is 356 g/mol. The molecule has 0 saturated carbocycles. The van der Waals surface area contributed by atoms with Crippen LogP contribution in [0.25, 0.3) is 0 Å². The number of amides is 2. The summed E-state index contributed by atoms with van der Waals surface area (Å²) in [6.07, 6.45) is -0.523. The molecule has 0 aliphatic rings. The van der Waals surface area contributed by atoms with Gasteiger partial charge in [0.25, 0.3) is 0 Å². The predicted molar refractivity (Wildman–Crippen MR) is 108 cm³/mol. The van der Waals surface area contributed by atoms with Crippen LogP contribution in [0.4, 0.5) is 4.79 Å². The lowest BCUT2D eigenvalue weighted by Gasteiger charge is -2.24. The van der Waals surface area contributed by atoms with Gasteiger partial charge in [-0.25, -0.2) is 4.79 Å². The quantitative estimate of drug-likeness (QED) is 0.789. The van der Waals surface area contributed by atoms with Crippen LogP contribution in [0.3, 0.4) is 0 Å². The Morgan fingerprint density at radius 2 is 1.57 bits per heavy atom. The van der Waals surface area contributed by atoms with E-state index in [0.29, 0.717) is 13.2 Å². The van der Waals surface area contributed by atoms with E-state index in [1.165, 1.54) is 11.9 Å². The van der Waals surface area contributed by atoms with E-state index in [2.05, 4.69) is 5.32 Å². The number of nitrogens with zero attached hydrogens (tertiary/aromatic N) is 1. The summed E-state index contributed by atoms with van der Waals surface area (Å²) in [5.74, 6) is 0.581. The molecule has 6 nitrogen and oxygen atoms in total. The molecule has 0 heterocycles. The van der Waals surface area contributed by atoms with Crippen molar-refractivity contribution in [2.24, 2.45) is 0 Å². The van der Waals surface area contributed by atoms with Crippen LogP contribution >= 0.6 is 0 Å². The van der Waals surface area contributed by atoms with Crippen molar-refractivity contribution < 1.29 is 19.1 Å². The number of benzene rings is 2. The van der Waals surface area contributed by atoms with Gasteiger partial charge in [0.2, 0.25) is 5.91 Å².